The van der Waals surface area contributed by atoms with Gasteiger partial charge < -0.3 is 9.73 Å². The van der Waals surface area contributed by atoms with Crippen molar-refractivity contribution in [2.45, 2.75) is 6.54 Å². The monoisotopic (exact) mass is 315 g/mol. The Bertz CT molecular complexity index is 950. The highest BCUT2D eigenvalue weighted by atomic mass is 19.1. The van der Waals surface area contributed by atoms with E-state index >= 15 is 0 Å². The molecule has 0 atom stereocenters. The molecule has 6 heteroatoms. The van der Waals surface area contributed by atoms with E-state index in [1.165, 1.54) is 42.5 Å². The van der Waals surface area contributed by atoms with Gasteiger partial charge in [-0.05, 0) is 35.9 Å². The van der Waals surface area contributed by atoms with Gasteiger partial charge in [-0.3, -0.25) is 4.79 Å². The van der Waals surface area contributed by atoms with Crippen molar-refractivity contribution in [2.24, 2.45) is 0 Å². The number of halogens is 2. The second-order valence-electron chi connectivity index (χ2n) is 4.89. The summed E-state index contributed by atoms with van der Waals surface area (Å²) in [4.78, 5) is 23.5. The van der Waals surface area contributed by atoms with E-state index in [-0.39, 0.29) is 17.7 Å². The summed E-state index contributed by atoms with van der Waals surface area (Å²) >= 11 is 0. The lowest BCUT2D eigenvalue weighted by Gasteiger charge is -2.08. The second-order valence-corrected chi connectivity index (χ2v) is 4.89. The summed E-state index contributed by atoms with van der Waals surface area (Å²) in [7, 11) is 0. The quantitative estimate of drug-likeness (QED) is 0.756. The van der Waals surface area contributed by atoms with E-state index in [0.29, 0.717) is 10.9 Å². The van der Waals surface area contributed by atoms with Crippen LogP contribution in [0.25, 0.3) is 11.0 Å². The average Bonchev–Trinajstić information content (AvgIpc) is 2.53. The highest BCUT2D eigenvalue weighted by molar-refractivity contribution is 5.94. The number of fused-ring (bicyclic) bond motifs is 1. The van der Waals surface area contributed by atoms with Gasteiger partial charge in [-0.25, -0.2) is 13.6 Å². The molecule has 116 valence electrons. The largest absolute Gasteiger partial charge is 0.423 e. The molecule has 0 spiro atoms. The zero-order valence-corrected chi connectivity index (χ0v) is 11.8. The Balaban J connectivity index is 1.90. The van der Waals surface area contributed by atoms with Gasteiger partial charge in [-0.2, -0.15) is 0 Å². The summed E-state index contributed by atoms with van der Waals surface area (Å²) in [6, 6.07) is 10.4. The molecular weight excluding hydrogens is 304 g/mol. The summed E-state index contributed by atoms with van der Waals surface area (Å²) in [5.41, 5.74) is -0.111. The number of carbonyl (C=O) groups excluding carboxylic acids is 1. The number of hydrogen-bond donors (Lipinski definition) is 1. The van der Waals surface area contributed by atoms with Crippen LogP contribution in [0, 0.1) is 11.6 Å². The van der Waals surface area contributed by atoms with E-state index in [9.17, 15) is 18.4 Å². The van der Waals surface area contributed by atoms with Crippen molar-refractivity contribution in [1.29, 1.82) is 0 Å². The van der Waals surface area contributed by atoms with Gasteiger partial charge >= 0.3 is 5.63 Å². The van der Waals surface area contributed by atoms with Gasteiger partial charge in [0.25, 0.3) is 5.91 Å². The topological polar surface area (TPSA) is 59.3 Å². The first kappa shape index (κ1) is 14.9. The minimum absolute atomic E-state index is 0.0568. The number of nitrogens with one attached hydrogen (secondary N) is 1. The third-order valence-corrected chi connectivity index (χ3v) is 3.35. The zero-order chi connectivity index (χ0) is 16.4. The maximum atomic E-state index is 13.6. The van der Waals surface area contributed by atoms with Crippen LogP contribution in [0.3, 0.4) is 0 Å². The van der Waals surface area contributed by atoms with Gasteiger partial charge in [0, 0.05) is 18.0 Å². The highest BCUT2D eigenvalue weighted by Gasteiger charge is 2.12. The van der Waals surface area contributed by atoms with Crippen LogP contribution in [-0.2, 0) is 6.54 Å². The van der Waals surface area contributed by atoms with Crippen LogP contribution in [0.4, 0.5) is 8.78 Å². The maximum Gasteiger partial charge on any atom is 0.336 e. The Morgan fingerprint density at radius 1 is 1.09 bits per heavy atom. The Kier molecular flexibility index (Phi) is 3.89. The summed E-state index contributed by atoms with van der Waals surface area (Å²) in [6.45, 7) is -0.0568. The number of rotatable bonds is 3. The fourth-order valence-corrected chi connectivity index (χ4v) is 2.26. The third-order valence-electron chi connectivity index (χ3n) is 3.35. The molecule has 3 rings (SSSR count). The smallest absolute Gasteiger partial charge is 0.336 e. The predicted molar refractivity (Wildman–Crippen MR) is 80.0 cm³/mol. The molecule has 0 unspecified atom stereocenters. The van der Waals surface area contributed by atoms with Crippen LogP contribution in [0.2, 0.25) is 0 Å². The lowest BCUT2D eigenvalue weighted by atomic mass is 10.1. The molecule has 1 N–H and O–H groups in total. The Labute approximate surface area is 129 Å². The molecule has 0 saturated carbocycles. The number of benzene rings is 2. The molecule has 0 bridgehead atoms. The maximum absolute atomic E-state index is 13.6. The molecule has 1 aromatic heterocycles. The van der Waals surface area contributed by atoms with Crippen molar-refractivity contribution >= 4 is 16.9 Å². The fraction of sp³-hybridized carbons (Fsp3) is 0.0588. The molecule has 0 aliphatic carbocycles. The first-order valence-electron chi connectivity index (χ1n) is 6.79. The first-order chi connectivity index (χ1) is 11.0. The van der Waals surface area contributed by atoms with Crippen molar-refractivity contribution < 1.29 is 18.0 Å². The van der Waals surface area contributed by atoms with Crippen molar-refractivity contribution in [3.05, 3.63) is 81.7 Å². The Hall–Kier alpha value is -3.02. The van der Waals surface area contributed by atoms with Crippen LogP contribution in [0.15, 0.2) is 57.7 Å². The molecule has 0 aliphatic rings. The molecule has 0 fully saturated rings. The van der Waals surface area contributed by atoms with E-state index in [0.717, 1.165) is 0 Å². The van der Waals surface area contributed by atoms with Gasteiger partial charge in [0.1, 0.15) is 17.2 Å². The molecule has 0 aliphatic heterocycles. The van der Waals surface area contributed by atoms with Crippen molar-refractivity contribution in [3.63, 3.8) is 0 Å². The van der Waals surface area contributed by atoms with Crippen LogP contribution < -0.4 is 10.9 Å². The van der Waals surface area contributed by atoms with Gasteiger partial charge in [-0.1, -0.05) is 12.1 Å². The molecule has 4 nitrogen and oxygen atoms in total. The first-order valence-corrected chi connectivity index (χ1v) is 6.79. The van der Waals surface area contributed by atoms with E-state index in [2.05, 4.69) is 5.32 Å². The standard InChI is InChI=1S/C17H11F2NO3/c18-11-5-6-15-13(8-11)10(7-16(21)23-15)9-20-17(22)12-3-1-2-4-14(12)19/h1-8H,9H2,(H,20,22). The lowest BCUT2D eigenvalue weighted by molar-refractivity contribution is 0.0947. The van der Waals surface area contributed by atoms with E-state index in [4.69, 9.17) is 4.42 Å². The summed E-state index contributed by atoms with van der Waals surface area (Å²) < 4.78 is 31.9. The molecule has 0 radical (unpaired) electrons. The van der Waals surface area contributed by atoms with Crippen molar-refractivity contribution in [2.75, 3.05) is 0 Å². The summed E-state index contributed by atoms with van der Waals surface area (Å²) in [5, 5.41) is 2.89. The molecular formula is C17H11F2NO3. The number of amides is 1. The van der Waals surface area contributed by atoms with Gasteiger partial charge in [0.2, 0.25) is 0 Å². The van der Waals surface area contributed by atoms with Crippen molar-refractivity contribution in [1.82, 2.24) is 5.32 Å². The van der Waals surface area contributed by atoms with Gasteiger partial charge in [0.15, 0.2) is 0 Å². The molecule has 1 heterocycles. The van der Waals surface area contributed by atoms with Crippen LogP contribution in [-0.4, -0.2) is 5.91 Å². The molecule has 2 aromatic carbocycles. The third kappa shape index (κ3) is 3.11. The Morgan fingerprint density at radius 3 is 2.65 bits per heavy atom. The lowest BCUT2D eigenvalue weighted by Crippen LogP contribution is -2.24. The van der Waals surface area contributed by atoms with E-state index in [1.807, 2.05) is 0 Å². The number of hydrogen-bond acceptors (Lipinski definition) is 3. The minimum Gasteiger partial charge on any atom is -0.423 e. The molecule has 1 amide bonds. The molecule has 3 aromatic rings. The van der Waals surface area contributed by atoms with Gasteiger partial charge in [0.05, 0.1) is 5.56 Å². The van der Waals surface area contributed by atoms with Crippen molar-refractivity contribution in [3.8, 4) is 0 Å². The number of carbonyl (C=O) groups is 1. The predicted octanol–water partition coefficient (Wildman–Crippen LogP) is 3.00. The average molecular weight is 315 g/mol. The van der Waals surface area contributed by atoms with Crippen LogP contribution in [0.5, 0.6) is 0 Å². The second kappa shape index (κ2) is 6.00. The minimum atomic E-state index is -0.645. The summed E-state index contributed by atoms with van der Waals surface area (Å²) in [5.74, 6) is -1.76. The molecule has 0 saturated heterocycles. The zero-order valence-electron chi connectivity index (χ0n) is 11.8. The van der Waals surface area contributed by atoms with Gasteiger partial charge in [-0.15, -0.1) is 0 Å². The normalized spacial score (nSPS) is 10.7. The van der Waals surface area contributed by atoms with Crippen LogP contribution in [0.1, 0.15) is 15.9 Å². The van der Waals surface area contributed by atoms with E-state index in [1.54, 1.807) is 6.07 Å². The fourth-order valence-electron chi connectivity index (χ4n) is 2.26. The molecule has 23 heavy (non-hydrogen) atoms. The SMILES string of the molecule is O=C(NCc1cc(=O)oc2ccc(F)cc12)c1ccccc1F. The summed E-state index contributed by atoms with van der Waals surface area (Å²) in [6.07, 6.45) is 0. The van der Waals surface area contributed by atoms with Crippen LogP contribution >= 0.6 is 0 Å². The highest BCUT2D eigenvalue weighted by Crippen LogP contribution is 2.18. The Morgan fingerprint density at radius 2 is 1.87 bits per heavy atom. The van der Waals surface area contributed by atoms with E-state index < -0.39 is 23.2 Å².